The Morgan fingerprint density at radius 3 is 2.48 bits per heavy atom. The van der Waals surface area contributed by atoms with E-state index in [1.807, 2.05) is 13.0 Å². The van der Waals surface area contributed by atoms with Gasteiger partial charge in [-0.3, -0.25) is 14.5 Å². The standard InChI is InChI=1S/C17H22N2O2/c1-5-19(6-2)10-15-11(3)18-16-8-7-13(12(4)20)9-14(16)17(15)21/h7-9H,5-6,10H2,1-4H3,(H,18,21). The molecule has 0 spiro atoms. The number of aryl methyl sites for hydroxylation is 1. The number of Topliss-reactive ketones (excluding diaryl/α,β-unsaturated/α-hetero) is 1. The van der Waals surface area contributed by atoms with Crippen LogP contribution in [0.2, 0.25) is 0 Å². The van der Waals surface area contributed by atoms with Crippen molar-refractivity contribution < 1.29 is 4.79 Å². The molecule has 112 valence electrons. The van der Waals surface area contributed by atoms with Crippen molar-refractivity contribution in [3.05, 3.63) is 45.2 Å². The molecular weight excluding hydrogens is 264 g/mol. The number of hydrogen-bond donors (Lipinski definition) is 1. The molecule has 4 nitrogen and oxygen atoms in total. The summed E-state index contributed by atoms with van der Waals surface area (Å²) in [7, 11) is 0. The van der Waals surface area contributed by atoms with Crippen LogP contribution in [-0.2, 0) is 6.54 Å². The minimum Gasteiger partial charge on any atom is -0.358 e. The molecule has 0 saturated heterocycles. The number of carbonyl (C=O) groups is 1. The molecule has 2 aromatic rings. The SMILES string of the molecule is CCN(CC)Cc1c(C)[nH]c2ccc(C(C)=O)cc2c1=O. The second kappa shape index (κ2) is 6.22. The molecule has 0 aliphatic heterocycles. The van der Waals surface area contributed by atoms with Gasteiger partial charge in [-0.25, -0.2) is 0 Å². The number of hydrogen-bond acceptors (Lipinski definition) is 3. The maximum atomic E-state index is 12.7. The zero-order chi connectivity index (χ0) is 15.6. The second-order valence-corrected chi connectivity index (χ2v) is 5.34. The molecule has 21 heavy (non-hydrogen) atoms. The van der Waals surface area contributed by atoms with E-state index < -0.39 is 0 Å². The highest BCUT2D eigenvalue weighted by atomic mass is 16.1. The molecule has 0 amide bonds. The summed E-state index contributed by atoms with van der Waals surface area (Å²) >= 11 is 0. The number of nitrogens with one attached hydrogen (secondary N) is 1. The van der Waals surface area contributed by atoms with E-state index in [9.17, 15) is 9.59 Å². The molecule has 0 bridgehead atoms. The second-order valence-electron chi connectivity index (χ2n) is 5.34. The number of H-pyrrole nitrogens is 1. The van der Waals surface area contributed by atoms with E-state index >= 15 is 0 Å². The molecule has 0 aliphatic rings. The summed E-state index contributed by atoms with van der Waals surface area (Å²) in [5, 5.41) is 0.593. The van der Waals surface area contributed by atoms with Crippen LogP contribution in [0.4, 0.5) is 0 Å². The van der Waals surface area contributed by atoms with Crippen LogP contribution in [0, 0.1) is 6.92 Å². The molecule has 1 N–H and O–H groups in total. The Balaban J connectivity index is 2.61. The van der Waals surface area contributed by atoms with Crippen molar-refractivity contribution in [2.45, 2.75) is 34.2 Å². The van der Waals surface area contributed by atoms with E-state index in [1.165, 1.54) is 6.92 Å². The van der Waals surface area contributed by atoms with Gasteiger partial charge in [-0.1, -0.05) is 13.8 Å². The lowest BCUT2D eigenvalue weighted by atomic mass is 10.0. The van der Waals surface area contributed by atoms with Gasteiger partial charge in [0.05, 0.1) is 0 Å². The Hall–Kier alpha value is -1.94. The van der Waals surface area contributed by atoms with Crippen LogP contribution >= 0.6 is 0 Å². The van der Waals surface area contributed by atoms with E-state index in [1.54, 1.807) is 12.1 Å². The molecule has 1 aromatic heterocycles. The van der Waals surface area contributed by atoms with Crippen LogP contribution in [0.25, 0.3) is 10.9 Å². The summed E-state index contributed by atoms with van der Waals surface area (Å²) in [6.45, 7) is 10.1. The predicted octanol–water partition coefficient (Wildman–Crippen LogP) is 2.88. The summed E-state index contributed by atoms with van der Waals surface area (Å²) in [5.41, 5.74) is 3.06. The van der Waals surface area contributed by atoms with Crippen LogP contribution in [0.3, 0.4) is 0 Å². The fraction of sp³-hybridized carbons (Fsp3) is 0.412. The third kappa shape index (κ3) is 3.05. The summed E-state index contributed by atoms with van der Waals surface area (Å²) in [5.74, 6) is -0.0258. The normalized spacial score (nSPS) is 11.3. The average molecular weight is 286 g/mol. The lowest BCUT2D eigenvalue weighted by Gasteiger charge is -2.19. The predicted molar refractivity (Wildman–Crippen MR) is 85.9 cm³/mol. The van der Waals surface area contributed by atoms with Crippen LogP contribution < -0.4 is 5.43 Å². The minimum absolute atomic E-state index is 0.0243. The highest BCUT2D eigenvalue weighted by Crippen LogP contribution is 2.15. The van der Waals surface area contributed by atoms with Gasteiger partial charge in [0.1, 0.15) is 0 Å². The minimum atomic E-state index is -0.0258. The highest BCUT2D eigenvalue weighted by Gasteiger charge is 2.13. The lowest BCUT2D eigenvalue weighted by Crippen LogP contribution is -2.27. The molecular formula is C17H22N2O2. The number of benzene rings is 1. The molecule has 2 rings (SSSR count). The van der Waals surface area contributed by atoms with Crippen molar-refractivity contribution in [2.24, 2.45) is 0 Å². The van der Waals surface area contributed by atoms with Crippen molar-refractivity contribution >= 4 is 16.7 Å². The third-order valence-corrected chi connectivity index (χ3v) is 4.00. The number of ketones is 1. The maximum absolute atomic E-state index is 12.7. The number of carbonyl (C=O) groups excluding carboxylic acids is 1. The zero-order valence-electron chi connectivity index (χ0n) is 13.1. The van der Waals surface area contributed by atoms with Gasteiger partial charge in [0.15, 0.2) is 11.2 Å². The first kappa shape index (κ1) is 15.4. The molecule has 0 radical (unpaired) electrons. The monoisotopic (exact) mass is 286 g/mol. The largest absolute Gasteiger partial charge is 0.358 e. The molecule has 4 heteroatoms. The van der Waals surface area contributed by atoms with Crippen molar-refractivity contribution in [3.63, 3.8) is 0 Å². The highest BCUT2D eigenvalue weighted by molar-refractivity contribution is 5.97. The topological polar surface area (TPSA) is 53.2 Å². The molecule has 1 aromatic carbocycles. The summed E-state index contributed by atoms with van der Waals surface area (Å²) < 4.78 is 0. The van der Waals surface area contributed by atoms with E-state index in [0.29, 0.717) is 17.5 Å². The zero-order valence-corrected chi connectivity index (χ0v) is 13.1. The van der Waals surface area contributed by atoms with Crippen molar-refractivity contribution in [1.29, 1.82) is 0 Å². The van der Waals surface area contributed by atoms with Crippen LogP contribution in [-0.4, -0.2) is 28.8 Å². The van der Waals surface area contributed by atoms with E-state index in [-0.39, 0.29) is 11.2 Å². The van der Waals surface area contributed by atoms with Crippen molar-refractivity contribution in [2.75, 3.05) is 13.1 Å². The van der Waals surface area contributed by atoms with Crippen molar-refractivity contribution in [3.8, 4) is 0 Å². The quantitative estimate of drug-likeness (QED) is 0.860. The van der Waals surface area contributed by atoms with Gasteiger partial charge in [-0.05, 0) is 45.1 Å². The summed E-state index contributed by atoms with van der Waals surface area (Å²) in [6.07, 6.45) is 0. The third-order valence-electron chi connectivity index (χ3n) is 4.00. The fourth-order valence-electron chi connectivity index (χ4n) is 2.53. The first-order valence-electron chi connectivity index (χ1n) is 7.36. The van der Waals surface area contributed by atoms with Crippen LogP contribution in [0.5, 0.6) is 0 Å². The fourth-order valence-corrected chi connectivity index (χ4v) is 2.53. The number of pyridine rings is 1. The van der Waals surface area contributed by atoms with Gasteiger partial charge in [0, 0.05) is 34.3 Å². The van der Waals surface area contributed by atoms with Crippen LogP contribution in [0.15, 0.2) is 23.0 Å². The summed E-state index contributed by atoms with van der Waals surface area (Å²) in [4.78, 5) is 29.7. The van der Waals surface area contributed by atoms with Crippen molar-refractivity contribution in [1.82, 2.24) is 9.88 Å². The van der Waals surface area contributed by atoms with E-state index in [2.05, 4.69) is 23.7 Å². The molecule has 0 aliphatic carbocycles. The van der Waals surface area contributed by atoms with Gasteiger partial charge >= 0.3 is 0 Å². The Labute approximate surface area is 124 Å². The number of fused-ring (bicyclic) bond motifs is 1. The van der Waals surface area contributed by atoms with E-state index in [0.717, 1.165) is 29.9 Å². The number of aromatic amines is 1. The first-order valence-corrected chi connectivity index (χ1v) is 7.36. The number of aromatic nitrogens is 1. The number of rotatable bonds is 5. The van der Waals surface area contributed by atoms with Gasteiger partial charge in [-0.15, -0.1) is 0 Å². The molecule has 0 saturated carbocycles. The van der Waals surface area contributed by atoms with Gasteiger partial charge in [0.25, 0.3) is 0 Å². The Kier molecular flexibility index (Phi) is 4.58. The first-order chi connectivity index (χ1) is 9.97. The van der Waals surface area contributed by atoms with Gasteiger partial charge < -0.3 is 4.98 Å². The van der Waals surface area contributed by atoms with Gasteiger partial charge in [-0.2, -0.15) is 0 Å². The molecule has 1 heterocycles. The summed E-state index contributed by atoms with van der Waals surface area (Å²) in [6, 6.07) is 5.26. The Bertz CT molecular complexity index is 727. The maximum Gasteiger partial charge on any atom is 0.194 e. The Morgan fingerprint density at radius 2 is 1.90 bits per heavy atom. The van der Waals surface area contributed by atoms with Gasteiger partial charge in [0.2, 0.25) is 0 Å². The molecule has 0 fully saturated rings. The smallest absolute Gasteiger partial charge is 0.194 e. The average Bonchev–Trinajstić information content (AvgIpc) is 2.47. The van der Waals surface area contributed by atoms with E-state index in [4.69, 9.17) is 0 Å². The lowest BCUT2D eigenvalue weighted by molar-refractivity contribution is 0.101. The molecule has 0 unspecified atom stereocenters. The Morgan fingerprint density at radius 1 is 1.24 bits per heavy atom. The number of nitrogens with zero attached hydrogens (tertiary/aromatic N) is 1. The molecule has 0 atom stereocenters. The van der Waals surface area contributed by atoms with Crippen LogP contribution in [0.1, 0.15) is 42.4 Å².